The molecule has 0 spiro atoms. The van der Waals surface area contributed by atoms with Gasteiger partial charge in [0.25, 0.3) is 0 Å². The lowest BCUT2D eigenvalue weighted by atomic mass is 10.1. The summed E-state index contributed by atoms with van der Waals surface area (Å²) in [5, 5.41) is 0. The third kappa shape index (κ3) is 1.42. The van der Waals surface area contributed by atoms with Crippen molar-refractivity contribution in [2.75, 3.05) is 0 Å². The molecular weight excluding hydrogens is 172 g/mol. The number of nitrogens with zero attached hydrogens (tertiary/aromatic N) is 2. The molecule has 0 unspecified atom stereocenters. The molecule has 2 nitrogen and oxygen atoms in total. The molecule has 62 valence electrons. The number of aromatic nitrogens is 2. The molecule has 0 aromatic carbocycles. The van der Waals surface area contributed by atoms with Gasteiger partial charge < -0.3 is 0 Å². The van der Waals surface area contributed by atoms with Gasteiger partial charge in [-0.05, 0) is 17.8 Å². The third-order valence-electron chi connectivity index (χ3n) is 1.46. The first-order chi connectivity index (χ1) is 6.76. The first kappa shape index (κ1) is 9.41. The first-order valence-electron chi connectivity index (χ1n) is 3.55. The van der Waals surface area contributed by atoms with Crippen LogP contribution in [0.15, 0.2) is 0 Å². The van der Waals surface area contributed by atoms with E-state index in [0.717, 1.165) is 0 Å². The zero-order valence-electron chi connectivity index (χ0n) is 7.20. The quantitative estimate of drug-likeness (QED) is 0.535. The summed E-state index contributed by atoms with van der Waals surface area (Å²) in [4.78, 5) is 7.74. The number of rotatable bonds is 0. The molecule has 1 aromatic heterocycles. The molecule has 0 bridgehead atoms. The van der Waals surface area contributed by atoms with Gasteiger partial charge in [0.2, 0.25) is 5.82 Å². The summed E-state index contributed by atoms with van der Waals surface area (Å²) in [6.45, 7) is 0. The van der Waals surface area contributed by atoms with E-state index in [1.54, 1.807) is 0 Å². The fraction of sp³-hybridized carbons (Fsp3) is 0. The van der Waals surface area contributed by atoms with Crippen molar-refractivity contribution in [1.29, 1.82) is 0 Å². The highest BCUT2D eigenvalue weighted by Gasteiger charge is 2.07. The maximum Gasteiger partial charge on any atom is 0.207 e. The Morgan fingerprint density at radius 2 is 1.21 bits per heavy atom. The maximum absolute atomic E-state index is 5.22. The van der Waals surface area contributed by atoms with Crippen LogP contribution in [0, 0.1) is 49.4 Å². The molecule has 0 radical (unpaired) electrons. The number of hydrogen-bond donors (Lipinski definition) is 0. The number of hydrogen-bond acceptors (Lipinski definition) is 2. The molecule has 0 aliphatic rings. The Hall–Kier alpha value is -2.68. The van der Waals surface area contributed by atoms with Gasteiger partial charge in [0, 0.05) is 0 Å². The Morgan fingerprint density at radius 1 is 0.714 bits per heavy atom. The third-order valence-corrected chi connectivity index (χ3v) is 1.46. The second-order valence-corrected chi connectivity index (χ2v) is 2.20. The second kappa shape index (κ2) is 3.82. The van der Waals surface area contributed by atoms with Crippen molar-refractivity contribution < 1.29 is 0 Å². The van der Waals surface area contributed by atoms with Gasteiger partial charge >= 0.3 is 0 Å². The Kier molecular flexibility index (Phi) is 2.57. The van der Waals surface area contributed by atoms with Gasteiger partial charge in [0.15, 0.2) is 0 Å². The van der Waals surface area contributed by atoms with Gasteiger partial charge in [-0.15, -0.1) is 25.7 Å². The van der Waals surface area contributed by atoms with Crippen LogP contribution in [-0.2, 0) is 0 Å². The standard InChI is InChI=1S/C12H4N2/c1-5-9-10(6-2)13-12(8-4)14-11(9)7-3/h1-4H. The molecule has 2 heteroatoms. The van der Waals surface area contributed by atoms with E-state index in [1.807, 2.05) is 0 Å². The lowest BCUT2D eigenvalue weighted by molar-refractivity contribution is 1.08. The zero-order valence-corrected chi connectivity index (χ0v) is 7.20. The molecule has 0 saturated heterocycles. The van der Waals surface area contributed by atoms with Gasteiger partial charge in [-0.3, -0.25) is 0 Å². The van der Waals surface area contributed by atoms with Crippen molar-refractivity contribution in [3.63, 3.8) is 0 Å². The minimum Gasteiger partial charge on any atom is -0.211 e. The summed E-state index contributed by atoms with van der Waals surface area (Å²) in [7, 11) is 0. The summed E-state index contributed by atoms with van der Waals surface area (Å²) < 4.78 is 0. The molecule has 0 fully saturated rings. The van der Waals surface area contributed by atoms with Crippen LogP contribution < -0.4 is 0 Å². The Balaban J connectivity index is 3.65. The molecule has 0 amide bonds. The van der Waals surface area contributed by atoms with E-state index in [9.17, 15) is 0 Å². The largest absolute Gasteiger partial charge is 0.211 e. The lowest BCUT2D eigenvalue weighted by Crippen LogP contribution is -2.01. The maximum atomic E-state index is 5.22. The predicted octanol–water partition coefficient (Wildman–Crippen LogP) is 0.402. The van der Waals surface area contributed by atoms with Crippen molar-refractivity contribution in [3.8, 4) is 49.4 Å². The summed E-state index contributed by atoms with van der Waals surface area (Å²) in [6, 6.07) is 0. The molecule has 1 heterocycles. The topological polar surface area (TPSA) is 25.8 Å². The van der Waals surface area contributed by atoms with Gasteiger partial charge in [-0.2, -0.15) is 0 Å². The Bertz CT molecular complexity index is 505. The van der Waals surface area contributed by atoms with Gasteiger partial charge in [0.05, 0.1) is 5.56 Å². The smallest absolute Gasteiger partial charge is 0.207 e. The fourth-order valence-corrected chi connectivity index (χ4v) is 0.871. The van der Waals surface area contributed by atoms with Crippen LogP contribution in [0.1, 0.15) is 22.8 Å². The average Bonchev–Trinajstić information content (AvgIpc) is 2.26. The van der Waals surface area contributed by atoms with E-state index in [1.165, 1.54) is 0 Å². The van der Waals surface area contributed by atoms with Crippen molar-refractivity contribution in [2.45, 2.75) is 0 Å². The normalized spacial score (nSPS) is 7.71. The van der Waals surface area contributed by atoms with Crippen LogP contribution in [-0.4, -0.2) is 9.97 Å². The van der Waals surface area contributed by atoms with Crippen LogP contribution in [0.4, 0.5) is 0 Å². The summed E-state index contributed by atoms with van der Waals surface area (Å²) in [5.74, 6) is 9.35. The van der Waals surface area contributed by atoms with Crippen LogP contribution in [0.25, 0.3) is 0 Å². The molecule has 0 aliphatic carbocycles. The molecule has 1 aromatic rings. The molecule has 0 atom stereocenters. The highest BCUT2D eigenvalue weighted by atomic mass is 14.9. The summed E-state index contributed by atoms with van der Waals surface area (Å²) >= 11 is 0. The SMILES string of the molecule is C#Cc1nc(C#C)c(C#C)c(C#C)n1. The van der Waals surface area contributed by atoms with E-state index in [4.69, 9.17) is 25.7 Å². The monoisotopic (exact) mass is 176 g/mol. The average molecular weight is 176 g/mol. The lowest BCUT2D eigenvalue weighted by Gasteiger charge is -1.99. The van der Waals surface area contributed by atoms with Crippen LogP contribution >= 0.6 is 0 Å². The fourth-order valence-electron chi connectivity index (χ4n) is 0.871. The molecular formula is C12H4N2. The summed E-state index contributed by atoms with van der Waals surface area (Å²) in [6.07, 6.45) is 20.7. The highest BCUT2D eigenvalue weighted by molar-refractivity contribution is 5.53. The predicted molar refractivity (Wildman–Crippen MR) is 53.8 cm³/mol. The number of terminal acetylenes is 4. The first-order valence-corrected chi connectivity index (χ1v) is 3.55. The minimum atomic E-state index is 0.143. The van der Waals surface area contributed by atoms with Crippen molar-refractivity contribution in [1.82, 2.24) is 9.97 Å². The van der Waals surface area contributed by atoms with Crippen molar-refractivity contribution >= 4 is 0 Å². The molecule has 14 heavy (non-hydrogen) atoms. The van der Waals surface area contributed by atoms with E-state index in [2.05, 4.69) is 33.6 Å². The second-order valence-electron chi connectivity index (χ2n) is 2.20. The molecule has 1 rings (SSSR count). The molecule has 0 saturated carbocycles. The van der Waals surface area contributed by atoms with Crippen molar-refractivity contribution in [2.24, 2.45) is 0 Å². The van der Waals surface area contributed by atoms with Gasteiger partial charge in [0.1, 0.15) is 11.4 Å². The van der Waals surface area contributed by atoms with Gasteiger partial charge in [-0.25, -0.2) is 9.97 Å². The zero-order chi connectivity index (χ0) is 10.6. The van der Waals surface area contributed by atoms with E-state index in [0.29, 0.717) is 5.56 Å². The molecule has 0 aliphatic heterocycles. The van der Waals surface area contributed by atoms with Crippen LogP contribution in [0.5, 0.6) is 0 Å². The van der Waals surface area contributed by atoms with Crippen LogP contribution in [0.2, 0.25) is 0 Å². The van der Waals surface area contributed by atoms with Crippen LogP contribution in [0.3, 0.4) is 0 Å². The highest BCUT2D eigenvalue weighted by Crippen LogP contribution is 2.08. The Morgan fingerprint density at radius 3 is 1.50 bits per heavy atom. The van der Waals surface area contributed by atoms with E-state index in [-0.39, 0.29) is 17.2 Å². The van der Waals surface area contributed by atoms with E-state index >= 15 is 0 Å². The van der Waals surface area contributed by atoms with Gasteiger partial charge in [-0.1, -0.05) is 5.92 Å². The minimum absolute atomic E-state index is 0.143. The Labute approximate surface area is 82.8 Å². The van der Waals surface area contributed by atoms with Crippen molar-refractivity contribution in [3.05, 3.63) is 22.8 Å². The van der Waals surface area contributed by atoms with E-state index < -0.39 is 0 Å². The summed E-state index contributed by atoms with van der Waals surface area (Å²) in [5.41, 5.74) is 0.834. The molecule has 0 N–H and O–H groups in total.